The molecule has 0 amide bonds. The molecule has 0 fully saturated rings. The number of hydrogen-bond donors (Lipinski definition) is 2. The molecule has 0 aliphatic rings. The second-order valence-corrected chi connectivity index (χ2v) is 5.28. The predicted octanol–water partition coefficient (Wildman–Crippen LogP) is 3.48. The van der Waals surface area contributed by atoms with Crippen LogP contribution >= 0.6 is 15.9 Å². The zero-order valence-electron chi connectivity index (χ0n) is 10.3. The van der Waals surface area contributed by atoms with E-state index in [1.807, 2.05) is 0 Å². The van der Waals surface area contributed by atoms with Crippen LogP contribution in [0.25, 0.3) is 11.3 Å². The normalized spacial score (nSPS) is 11.2. The molecule has 96 valence electrons. The molecule has 1 aromatic heterocycles. The zero-order chi connectivity index (χ0) is 13.1. The zero-order valence-corrected chi connectivity index (χ0v) is 11.9. The van der Waals surface area contributed by atoms with Gasteiger partial charge >= 0.3 is 0 Å². The Morgan fingerprint density at radius 2 is 2.22 bits per heavy atom. The van der Waals surface area contributed by atoms with Gasteiger partial charge in [0.1, 0.15) is 5.82 Å². The number of nitrogens with one attached hydrogen (secondary N) is 2. The van der Waals surface area contributed by atoms with Crippen molar-refractivity contribution in [2.75, 3.05) is 0 Å². The fourth-order valence-corrected chi connectivity index (χ4v) is 2.23. The third-order valence-corrected chi connectivity index (χ3v) is 3.28. The summed E-state index contributed by atoms with van der Waals surface area (Å²) in [7, 11) is 0. The van der Waals surface area contributed by atoms with Crippen molar-refractivity contribution in [1.82, 2.24) is 15.5 Å². The fourth-order valence-electron chi connectivity index (χ4n) is 1.68. The molecule has 2 aromatic rings. The molecule has 18 heavy (non-hydrogen) atoms. The van der Waals surface area contributed by atoms with Gasteiger partial charge in [-0.25, -0.2) is 4.39 Å². The van der Waals surface area contributed by atoms with Crippen LogP contribution in [0, 0.1) is 5.82 Å². The van der Waals surface area contributed by atoms with Gasteiger partial charge in [-0.05, 0) is 34.1 Å². The van der Waals surface area contributed by atoms with Crippen molar-refractivity contribution in [3.05, 3.63) is 40.2 Å². The van der Waals surface area contributed by atoms with Crippen molar-refractivity contribution in [1.29, 1.82) is 0 Å². The summed E-state index contributed by atoms with van der Waals surface area (Å²) < 4.78 is 13.8. The van der Waals surface area contributed by atoms with Gasteiger partial charge in [-0.1, -0.05) is 13.8 Å². The van der Waals surface area contributed by atoms with Crippen LogP contribution < -0.4 is 5.32 Å². The monoisotopic (exact) mass is 311 g/mol. The van der Waals surface area contributed by atoms with Crippen LogP contribution in [-0.4, -0.2) is 16.2 Å². The lowest BCUT2D eigenvalue weighted by Gasteiger charge is -2.09. The third-order valence-electron chi connectivity index (χ3n) is 2.62. The van der Waals surface area contributed by atoms with E-state index in [-0.39, 0.29) is 5.82 Å². The minimum atomic E-state index is -0.257. The first-order valence-electron chi connectivity index (χ1n) is 5.79. The van der Waals surface area contributed by atoms with Crippen molar-refractivity contribution in [3.63, 3.8) is 0 Å². The molecular formula is C13H15BrFN3. The van der Waals surface area contributed by atoms with Crippen LogP contribution in [0.4, 0.5) is 4.39 Å². The van der Waals surface area contributed by atoms with Crippen LogP contribution in [-0.2, 0) is 6.54 Å². The van der Waals surface area contributed by atoms with Crippen LogP contribution in [0.15, 0.2) is 28.9 Å². The second-order valence-electron chi connectivity index (χ2n) is 4.43. The van der Waals surface area contributed by atoms with E-state index in [0.717, 1.165) is 27.8 Å². The maximum atomic E-state index is 13.1. The fraction of sp³-hybridized carbons (Fsp3) is 0.308. The molecule has 0 atom stereocenters. The lowest BCUT2D eigenvalue weighted by atomic mass is 10.1. The van der Waals surface area contributed by atoms with Crippen LogP contribution in [0.5, 0.6) is 0 Å². The average molecular weight is 312 g/mol. The number of benzene rings is 1. The number of halogens is 2. The Hall–Kier alpha value is -1.20. The summed E-state index contributed by atoms with van der Waals surface area (Å²) in [4.78, 5) is 0. The molecular weight excluding hydrogens is 297 g/mol. The Morgan fingerprint density at radius 3 is 2.89 bits per heavy atom. The van der Waals surface area contributed by atoms with E-state index in [1.54, 1.807) is 12.3 Å². The Kier molecular flexibility index (Phi) is 4.14. The van der Waals surface area contributed by atoms with Crippen molar-refractivity contribution < 1.29 is 4.39 Å². The first-order chi connectivity index (χ1) is 8.58. The Labute approximate surface area is 114 Å². The van der Waals surface area contributed by atoms with Crippen LogP contribution in [0.1, 0.15) is 19.4 Å². The van der Waals surface area contributed by atoms with E-state index < -0.39 is 0 Å². The van der Waals surface area contributed by atoms with E-state index in [2.05, 4.69) is 45.3 Å². The lowest BCUT2D eigenvalue weighted by Crippen LogP contribution is -2.21. The largest absolute Gasteiger partial charge is 0.310 e. The standard InChI is InChI=1S/C13H15BrFN3/c1-8(2)16-6-9-7-17-18-13(9)11-4-3-10(15)5-12(11)14/h3-5,7-8,16H,6H2,1-2H3,(H,17,18). The quantitative estimate of drug-likeness (QED) is 0.907. The van der Waals surface area contributed by atoms with E-state index >= 15 is 0 Å². The molecule has 0 bridgehead atoms. The number of H-pyrrole nitrogens is 1. The highest BCUT2D eigenvalue weighted by molar-refractivity contribution is 9.10. The molecule has 0 aliphatic carbocycles. The number of hydrogen-bond acceptors (Lipinski definition) is 2. The summed E-state index contributed by atoms with van der Waals surface area (Å²) in [6, 6.07) is 5.05. The Morgan fingerprint density at radius 1 is 1.44 bits per heavy atom. The first kappa shape index (κ1) is 13.2. The molecule has 1 heterocycles. The van der Waals surface area contributed by atoms with Crippen molar-refractivity contribution in [2.45, 2.75) is 26.4 Å². The summed E-state index contributed by atoms with van der Waals surface area (Å²) in [5.41, 5.74) is 2.89. The summed E-state index contributed by atoms with van der Waals surface area (Å²) >= 11 is 3.37. The highest BCUT2D eigenvalue weighted by atomic mass is 79.9. The summed E-state index contributed by atoms with van der Waals surface area (Å²) in [5.74, 6) is -0.257. The van der Waals surface area contributed by atoms with Gasteiger partial charge in [0.25, 0.3) is 0 Å². The van der Waals surface area contributed by atoms with Gasteiger partial charge in [-0.15, -0.1) is 0 Å². The molecule has 3 nitrogen and oxygen atoms in total. The van der Waals surface area contributed by atoms with Gasteiger partial charge in [0, 0.05) is 28.2 Å². The second kappa shape index (κ2) is 5.63. The lowest BCUT2D eigenvalue weighted by molar-refractivity contribution is 0.589. The molecule has 5 heteroatoms. The number of aromatic nitrogens is 2. The van der Waals surface area contributed by atoms with Crippen molar-refractivity contribution >= 4 is 15.9 Å². The molecule has 0 unspecified atom stereocenters. The Bertz CT molecular complexity index is 537. The minimum absolute atomic E-state index is 0.257. The molecule has 0 saturated heterocycles. The van der Waals surface area contributed by atoms with E-state index in [1.165, 1.54) is 12.1 Å². The molecule has 0 spiro atoms. The van der Waals surface area contributed by atoms with Gasteiger partial charge in [0.15, 0.2) is 0 Å². The molecule has 0 saturated carbocycles. The molecule has 0 radical (unpaired) electrons. The molecule has 1 aromatic carbocycles. The smallest absolute Gasteiger partial charge is 0.124 e. The Balaban J connectivity index is 2.30. The van der Waals surface area contributed by atoms with Crippen LogP contribution in [0.3, 0.4) is 0 Å². The number of nitrogens with zero attached hydrogens (tertiary/aromatic N) is 1. The van der Waals surface area contributed by atoms with E-state index in [4.69, 9.17) is 0 Å². The molecule has 0 aliphatic heterocycles. The van der Waals surface area contributed by atoms with E-state index in [9.17, 15) is 4.39 Å². The average Bonchev–Trinajstić information content (AvgIpc) is 2.74. The minimum Gasteiger partial charge on any atom is -0.310 e. The van der Waals surface area contributed by atoms with Crippen LogP contribution in [0.2, 0.25) is 0 Å². The molecule has 2 rings (SSSR count). The predicted molar refractivity (Wildman–Crippen MR) is 73.7 cm³/mol. The maximum Gasteiger partial charge on any atom is 0.124 e. The summed E-state index contributed by atoms with van der Waals surface area (Å²) in [5, 5.41) is 10.4. The summed E-state index contributed by atoms with van der Waals surface area (Å²) in [6.45, 7) is 4.91. The number of rotatable bonds is 4. The van der Waals surface area contributed by atoms with Gasteiger partial charge in [-0.2, -0.15) is 5.10 Å². The highest BCUT2D eigenvalue weighted by Crippen LogP contribution is 2.29. The van der Waals surface area contributed by atoms with Gasteiger partial charge in [0.2, 0.25) is 0 Å². The highest BCUT2D eigenvalue weighted by Gasteiger charge is 2.11. The maximum absolute atomic E-state index is 13.1. The third kappa shape index (κ3) is 2.97. The topological polar surface area (TPSA) is 40.7 Å². The number of aromatic amines is 1. The van der Waals surface area contributed by atoms with E-state index in [0.29, 0.717) is 6.04 Å². The van der Waals surface area contributed by atoms with Crippen molar-refractivity contribution in [2.24, 2.45) is 0 Å². The SMILES string of the molecule is CC(C)NCc1cn[nH]c1-c1ccc(F)cc1Br. The van der Waals surface area contributed by atoms with Gasteiger partial charge in [-0.3, -0.25) is 5.10 Å². The van der Waals surface area contributed by atoms with Gasteiger partial charge in [0.05, 0.1) is 11.9 Å². The first-order valence-corrected chi connectivity index (χ1v) is 6.58. The van der Waals surface area contributed by atoms with Crippen molar-refractivity contribution in [3.8, 4) is 11.3 Å². The molecule has 2 N–H and O–H groups in total. The summed E-state index contributed by atoms with van der Waals surface area (Å²) in [6.07, 6.45) is 1.79. The van der Waals surface area contributed by atoms with Gasteiger partial charge < -0.3 is 5.32 Å².